The lowest BCUT2D eigenvalue weighted by molar-refractivity contribution is -0.122. The van der Waals surface area contributed by atoms with Gasteiger partial charge in [0.2, 0.25) is 0 Å². The van der Waals surface area contributed by atoms with Gasteiger partial charge in [0.15, 0.2) is 0 Å². The summed E-state index contributed by atoms with van der Waals surface area (Å²) in [6.07, 6.45) is 6.57. The number of hydrogen-bond acceptors (Lipinski definition) is 4. The lowest BCUT2D eigenvalue weighted by Gasteiger charge is -2.26. The molecule has 1 fully saturated rings. The van der Waals surface area contributed by atoms with Crippen molar-refractivity contribution in [2.75, 3.05) is 11.5 Å². The Hall–Kier alpha value is -3.85. The number of benzene rings is 2. The molecule has 0 aliphatic carbocycles. The second-order valence-corrected chi connectivity index (χ2v) is 5.86. The van der Waals surface area contributed by atoms with Gasteiger partial charge in [0, 0.05) is 0 Å². The minimum atomic E-state index is -0.774. The van der Waals surface area contributed by atoms with Crippen molar-refractivity contribution in [3.8, 4) is 18.1 Å². The van der Waals surface area contributed by atoms with Gasteiger partial charge in [-0.05, 0) is 42.8 Å². The lowest BCUT2D eigenvalue weighted by Crippen LogP contribution is -2.54. The summed E-state index contributed by atoms with van der Waals surface area (Å²) in [5.74, 6) is 1.53. The summed E-state index contributed by atoms with van der Waals surface area (Å²) in [6.45, 7) is 2.04. The number of hydrogen-bond donors (Lipinski definition) is 1. The number of terminal acetylenes is 1. The maximum Gasteiger partial charge on any atom is 0.335 e. The molecule has 1 saturated heterocycles. The van der Waals surface area contributed by atoms with Crippen LogP contribution in [0, 0.1) is 19.3 Å². The van der Waals surface area contributed by atoms with Gasteiger partial charge in [-0.25, -0.2) is 9.69 Å². The summed E-state index contributed by atoms with van der Waals surface area (Å²) in [4.78, 5) is 38.0. The average Bonchev–Trinajstić information content (AvgIpc) is 2.66. The number of aryl methyl sites for hydroxylation is 1. The van der Waals surface area contributed by atoms with Crippen molar-refractivity contribution in [2.45, 2.75) is 6.92 Å². The Balaban J connectivity index is 1.89. The Bertz CT molecular complexity index is 967. The summed E-state index contributed by atoms with van der Waals surface area (Å²) < 4.78 is 5.29. The first-order valence-corrected chi connectivity index (χ1v) is 8.14. The Labute approximate surface area is 156 Å². The fourth-order valence-corrected chi connectivity index (χ4v) is 2.54. The number of anilines is 1. The molecule has 1 N–H and O–H groups in total. The largest absolute Gasteiger partial charge is 0.481 e. The highest BCUT2D eigenvalue weighted by molar-refractivity contribution is 6.39. The van der Waals surface area contributed by atoms with Gasteiger partial charge in [0.1, 0.15) is 17.9 Å². The Morgan fingerprint density at radius 3 is 2.37 bits per heavy atom. The van der Waals surface area contributed by atoms with E-state index >= 15 is 0 Å². The molecule has 134 valence electrons. The van der Waals surface area contributed by atoms with Crippen LogP contribution < -0.4 is 15.0 Å². The van der Waals surface area contributed by atoms with E-state index in [-0.39, 0.29) is 12.2 Å². The third-order valence-electron chi connectivity index (χ3n) is 3.91. The molecule has 0 unspecified atom stereocenters. The lowest BCUT2D eigenvalue weighted by atomic mass is 10.1. The summed E-state index contributed by atoms with van der Waals surface area (Å²) >= 11 is 0. The number of barbiturate groups is 1. The summed E-state index contributed by atoms with van der Waals surface area (Å²) in [6, 6.07) is 12.8. The van der Waals surface area contributed by atoms with Crippen molar-refractivity contribution in [3.63, 3.8) is 0 Å². The SMILES string of the molecule is C#CCOc1ccc(/C=C2\C(=O)NC(=O)N(c3ccc(C)cc3)C2=O)cc1. The zero-order chi connectivity index (χ0) is 19.4. The molecule has 2 aromatic rings. The van der Waals surface area contributed by atoms with E-state index in [0.29, 0.717) is 17.0 Å². The van der Waals surface area contributed by atoms with Gasteiger partial charge in [-0.15, -0.1) is 6.42 Å². The number of rotatable bonds is 4. The molecular weight excluding hydrogens is 344 g/mol. The standard InChI is InChI=1S/C21H16N2O4/c1-3-12-27-17-10-6-15(7-11-17)13-18-19(24)22-21(26)23(20(18)25)16-8-4-14(2)5-9-16/h1,4-11,13H,12H2,2H3,(H,22,24,26)/b18-13+. The molecule has 6 heteroatoms. The molecule has 0 bridgehead atoms. The third-order valence-corrected chi connectivity index (χ3v) is 3.91. The van der Waals surface area contributed by atoms with E-state index in [2.05, 4.69) is 11.2 Å². The van der Waals surface area contributed by atoms with E-state index in [1.165, 1.54) is 6.08 Å². The van der Waals surface area contributed by atoms with E-state index in [4.69, 9.17) is 11.2 Å². The highest BCUT2D eigenvalue weighted by Gasteiger charge is 2.36. The van der Waals surface area contributed by atoms with Crippen LogP contribution in [0.5, 0.6) is 5.75 Å². The van der Waals surface area contributed by atoms with Crippen LogP contribution in [0.15, 0.2) is 54.1 Å². The minimum absolute atomic E-state index is 0.132. The van der Waals surface area contributed by atoms with Gasteiger partial charge < -0.3 is 4.74 Å². The van der Waals surface area contributed by atoms with E-state index in [1.807, 2.05) is 6.92 Å². The fourth-order valence-electron chi connectivity index (χ4n) is 2.54. The highest BCUT2D eigenvalue weighted by Crippen LogP contribution is 2.23. The monoisotopic (exact) mass is 360 g/mol. The second kappa shape index (κ2) is 7.58. The molecule has 2 aromatic carbocycles. The Morgan fingerprint density at radius 1 is 1.07 bits per heavy atom. The number of imide groups is 2. The molecule has 0 radical (unpaired) electrons. The quantitative estimate of drug-likeness (QED) is 0.517. The predicted molar refractivity (Wildman–Crippen MR) is 101 cm³/mol. The van der Waals surface area contributed by atoms with Crippen LogP contribution in [-0.4, -0.2) is 24.5 Å². The van der Waals surface area contributed by atoms with Crippen molar-refractivity contribution >= 4 is 29.6 Å². The van der Waals surface area contributed by atoms with Crippen molar-refractivity contribution in [3.05, 3.63) is 65.2 Å². The van der Waals surface area contributed by atoms with E-state index in [9.17, 15) is 14.4 Å². The second-order valence-electron chi connectivity index (χ2n) is 5.86. The van der Waals surface area contributed by atoms with Crippen LogP contribution in [-0.2, 0) is 9.59 Å². The number of ether oxygens (including phenoxy) is 1. The molecule has 27 heavy (non-hydrogen) atoms. The fraction of sp³-hybridized carbons (Fsp3) is 0.0952. The van der Waals surface area contributed by atoms with Crippen LogP contribution in [0.4, 0.5) is 10.5 Å². The van der Waals surface area contributed by atoms with Gasteiger partial charge in [-0.1, -0.05) is 35.7 Å². The predicted octanol–water partition coefficient (Wildman–Crippen LogP) is 2.67. The van der Waals surface area contributed by atoms with E-state index in [1.54, 1.807) is 48.5 Å². The first-order valence-electron chi connectivity index (χ1n) is 8.14. The number of nitrogens with one attached hydrogen (secondary N) is 1. The minimum Gasteiger partial charge on any atom is -0.481 e. The van der Waals surface area contributed by atoms with Crippen molar-refractivity contribution < 1.29 is 19.1 Å². The molecule has 4 amide bonds. The van der Waals surface area contributed by atoms with E-state index in [0.717, 1.165) is 10.5 Å². The zero-order valence-corrected chi connectivity index (χ0v) is 14.6. The average molecular weight is 360 g/mol. The van der Waals surface area contributed by atoms with Crippen LogP contribution >= 0.6 is 0 Å². The summed E-state index contributed by atoms with van der Waals surface area (Å²) in [5.41, 5.74) is 1.86. The number of nitrogens with zero attached hydrogens (tertiary/aromatic N) is 1. The molecule has 0 spiro atoms. The molecule has 0 saturated carbocycles. The topological polar surface area (TPSA) is 75.7 Å². The van der Waals surface area contributed by atoms with Gasteiger partial charge >= 0.3 is 6.03 Å². The summed E-state index contributed by atoms with van der Waals surface area (Å²) in [5, 5.41) is 2.19. The molecule has 1 aliphatic heterocycles. The van der Waals surface area contributed by atoms with E-state index < -0.39 is 17.8 Å². The van der Waals surface area contributed by atoms with Crippen LogP contribution in [0.3, 0.4) is 0 Å². The molecular formula is C21H16N2O4. The maximum atomic E-state index is 12.8. The van der Waals surface area contributed by atoms with Crippen molar-refractivity contribution in [2.24, 2.45) is 0 Å². The molecule has 3 rings (SSSR count). The zero-order valence-electron chi connectivity index (χ0n) is 14.6. The Morgan fingerprint density at radius 2 is 1.74 bits per heavy atom. The van der Waals surface area contributed by atoms with Gasteiger partial charge in [0.25, 0.3) is 11.8 Å². The first-order chi connectivity index (χ1) is 13.0. The number of urea groups is 1. The van der Waals surface area contributed by atoms with Crippen LogP contribution in [0.1, 0.15) is 11.1 Å². The highest BCUT2D eigenvalue weighted by atomic mass is 16.5. The molecule has 6 nitrogen and oxygen atoms in total. The first kappa shape index (κ1) is 18.0. The van der Waals surface area contributed by atoms with Gasteiger partial charge in [0.05, 0.1) is 5.69 Å². The smallest absolute Gasteiger partial charge is 0.335 e. The third kappa shape index (κ3) is 3.88. The number of carbonyl (C=O) groups is 3. The number of carbonyl (C=O) groups excluding carboxylic acids is 3. The van der Waals surface area contributed by atoms with Gasteiger partial charge in [-0.2, -0.15) is 0 Å². The summed E-state index contributed by atoms with van der Waals surface area (Å²) in [7, 11) is 0. The van der Waals surface area contributed by atoms with Crippen LogP contribution in [0.2, 0.25) is 0 Å². The Kier molecular flexibility index (Phi) is 5.04. The van der Waals surface area contributed by atoms with Crippen molar-refractivity contribution in [1.82, 2.24) is 5.32 Å². The molecule has 0 atom stereocenters. The van der Waals surface area contributed by atoms with Crippen molar-refractivity contribution in [1.29, 1.82) is 0 Å². The molecule has 1 aliphatic rings. The maximum absolute atomic E-state index is 12.8. The molecule has 0 aromatic heterocycles. The normalized spacial score (nSPS) is 15.5. The molecule has 1 heterocycles. The number of amides is 4. The van der Waals surface area contributed by atoms with Gasteiger partial charge in [-0.3, -0.25) is 14.9 Å². The van der Waals surface area contributed by atoms with Crippen LogP contribution in [0.25, 0.3) is 6.08 Å².